The molecule has 2 rings (SSSR count). The first-order chi connectivity index (χ1) is 7.60. The van der Waals surface area contributed by atoms with Gasteiger partial charge in [0.15, 0.2) is 0 Å². The van der Waals surface area contributed by atoms with Crippen LogP contribution in [0.4, 0.5) is 0 Å². The summed E-state index contributed by atoms with van der Waals surface area (Å²) in [6, 6.07) is 6.60. The van der Waals surface area contributed by atoms with E-state index in [-0.39, 0.29) is 11.5 Å². The molecule has 0 spiro atoms. The van der Waals surface area contributed by atoms with Crippen LogP contribution in [-0.2, 0) is 16.8 Å². The molecule has 0 radical (unpaired) electrons. The topological polar surface area (TPSA) is 35.2 Å². The van der Waals surface area contributed by atoms with Gasteiger partial charge in [-0.25, -0.2) is 0 Å². The van der Waals surface area contributed by atoms with Crippen LogP contribution in [0.15, 0.2) is 22.7 Å². The largest absolute Gasteiger partial charge is 0.380 e. The average Bonchev–Trinajstić information content (AvgIpc) is 3.02. The summed E-state index contributed by atoms with van der Waals surface area (Å²) in [5, 5.41) is 0. The van der Waals surface area contributed by atoms with E-state index in [2.05, 4.69) is 41.1 Å². The van der Waals surface area contributed by atoms with Gasteiger partial charge in [0.2, 0.25) is 0 Å². The lowest BCUT2D eigenvalue weighted by Gasteiger charge is -2.23. The molecule has 1 aliphatic carbocycles. The molecular weight excluding hydrogens is 266 g/mol. The van der Waals surface area contributed by atoms with E-state index < -0.39 is 0 Å². The molecule has 0 saturated heterocycles. The minimum atomic E-state index is 0.192. The maximum Gasteiger partial charge on any atom is 0.0715 e. The van der Waals surface area contributed by atoms with Gasteiger partial charge in [0.25, 0.3) is 0 Å². The van der Waals surface area contributed by atoms with Gasteiger partial charge in [0.05, 0.1) is 6.61 Å². The highest BCUT2D eigenvalue weighted by Gasteiger charge is 2.48. The maximum atomic E-state index is 6.12. The number of methoxy groups -OCH3 is 1. The van der Waals surface area contributed by atoms with Crippen molar-refractivity contribution in [1.29, 1.82) is 0 Å². The molecule has 1 aliphatic rings. The third-order valence-electron chi connectivity index (χ3n) is 3.57. The fourth-order valence-electron chi connectivity index (χ4n) is 2.40. The third-order valence-corrected chi connectivity index (χ3v) is 4.06. The van der Waals surface area contributed by atoms with Gasteiger partial charge >= 0.3 is 0 Å². The van der Waals surface area contributed by atoms with Crippen molar-refractivity contribution in [2.75, 3.05) is 7.11 Å². The highest BCUT2D eigenvalue weighted by molar-refractivity contribution is 9.10. The second-order valence-corrected chi connectivity index (χ2v) is 5.59. The zero-order valence-corrected chi connectivity index (χ0v) is 11.4. The lowest BCUT2D eigenvalue weighted by Crippen LogP contribution is -2.32. The monoisotopic (exact) mass is 283 g/mol. The van der Waals surface area contributed by atoms with Gasteiger partial charge in [-0.2, -0.15) is 0 Å². The number of benzene rings is 1. The molecule has 2 nitrogen and oxygen atoms in total. The number of halogens is 1. The van der Waals surface area contributed by atoms with Crippen LogP contribution in [0.3, 0.4) is 0 Å². The standard InChI is InChI=1S/C13H18BrNO/c1-9(15)13(5-6-13)12-7-11(14)4-3-10(12)8-16-2/h3-4,7,9H,5-6,8,15H2,1-2H3. The second-order valence-electron chi connectivity index (χ2n) is 4.68. The smallest absolute Gasteiger partial charge is 0.0715 e. The maximum absolute atomic E-state index is 6.12. The van der Waals surface area contributed by atoms with Gasteiger partial charge in [-0.1, -0.05) is 22.0 Å². The van der Waals surface area contributed by atoms with Crippen LogP contribution < -0.4 is 5.73 Å². The predicted molar refractivity (Wildman–Crippen MR) is 69.4 cm³/mol. The summed E-state index contributed by atoms with van der Waals surface area (Å²) >= 11 is 3.54. The highest BCUT2D eigenvalue weighted by Crippen LogP contribution is 2.51. The van der Waals surface area contributed by atoms with Gasteiger partial charge in [0, 0.05) is 23.0 Å². The van der Waals surface area contributed by atoms with E-state index in [1.807, 2.05) is 0 Å². The summed E-state index contributed by atoms with van der Waals surface area (Å²) in [6.45, 7) is 2.77. The van der Waals surface area contributed by atoms with Crippen LogP contribution in [0.2, 0.25) is 0 Å². The molecular formula is C13H18BrNO. The molecule has 1 aromatic rings. The fourth-order valence-corrected chi connectivity index (χ4v) is 2.76. The van der Waals surface area contributed by atoms with Crippen molar-refractivity contribution in [3.05, 3.63) is 33.8 Å². The van der Waals surface area contributed by atoms with E-state index in [0.717, 1.165) is 4.47 Å². The van der Waals surface area contributed by atoms with Crippen LogP contribution in [0, 0.1) is 0 Å². The molecule has 1 fully saturated rings. The van der Waals surface area contributed by atoms with Crippen molar-refractivity contribution in [2.24, 2.45) is 5.73 Å². The normalized spacial score (nSPS) is 19.5. The second kappa shape index (κ2) is 4.47. The van der Waals surface area contributed by atoms with Gasteiger partial charge in [-0.05, 0) is 43.0 Å². The van der Waals surface area contributed by atoms with Crippen LogP contribution in [0.5, 0.6) is 0 Å². The van der Waals surface area contributed by atoms with Gasteiger partial charge in [-0.3, -0.25) is 0 Å². The molecule has 0 heterocycles. The zero-order valence-electron chi connectivity index (χ0n) is 9.79. The Morgan fingerprint density at radius 3 is 2.69 bits per heavy atom. The average molecular weight is 284 g/mol. The summed E-state index contributed by atoms with van der Waals surface area (Å²) in [5.74, 6) is 0. The third kappa shape index (κ3) is 2.04. The Hall–Kier alpha value is -0.380. The number of nitrogens with two attached hydrogens (primary N) is 1. The van der Waals surface area contributed by atoms with E-state index >= 15 is 0 Å². The Balaban J connectivity index is 2.42. The lowest BCUT2D eigenvalue weighted by atomic mass is 9.86. The summed E-state index contributed by atoms with van der Waals surface area (Å²) in [7, 11) is 1.73. The number of rotatable bonds is 4. The van der Waals surface area contributed by atoms with Crippen molar-refractivity contribution >= 4 is 15.9 Å². The molecule has 88 valence electrons. The number of hydrogen-bond donors (Lipinski definition) is 1. The molecule has 1 unspecified atom stereocenters. The fraction of sp³-hybridized carbons (Fsp3) is 0.538. The van der Waals surface area contributed by atoms with E-state index in [1.54, 1.807) is 7.11 Å². The summed E-state index contributed by atoms with van der Waals surface area (Å²) in [6.07, 6.45) is 2.38. The Kier molecular flexibility index (Phi) is 3.38. The quantitative estimate of drug-likeness (QED) is 0.922. The van der Waals surface area contributed by atoms with E-state index in [9.17, 15) is 0 Å². The van der Waals surface area contributed by atoms with Crippen molar-refractivity contribution in [2.45, 2.75) is 37.8 Å². The minimum absolute atomic E-state index is 0.192. The van der Waals surface area contributed by atoms with Crippen LogP contribution in [0.25, 0.3) is 0 Å². The Bertz CT molecular complexity index is 386. The summed E-state index contributed by atoms with van der Waals surface area (Å²) in [4.78, 5) is 0. The molecule has 0 bridgehead atoms. The summed E-state index contributed by atoms with van der Waals surface area (Å²) < 4.78 is 6.37. The SMILES string of the molecule is COCc1ccc(Br)cc1C1(C(C)N)CC1. The Labute approximate surface area is 105 Å². The lowest BCUT2D eigenvalue weighted by molar-refractivity contribution is 0.183. The first kappa shape index (κ1) is 12.1. The van der Waals surface area contributed by atoms with Gasteiger partial charge in [-0.15, -0.1) is 0 Å². The van der Waals surface area contributed by atoms with Crippen LogP contribution >= 0.6 is 15.9 Å². The van der Waals surface area contributed by atoms with Crippen molar-refractivity contribution in [3.63, 3.8) is 0 Å². The highest BCUT2D eigenvalue weighted by atomic mass is 79.9. The molecule has 1 atom stereocenters. The number of hydrogen-bond acceptors (Lipinski definition) is 2. The van der Waals surface area contributed by atoms with E-state index in [0.29, 0.717) is 6.61 Å². The Morgan fingerprint density at radius 1 is 1.50 bits per heavy atom. The zero-order chi connectivity index (χ0) is 11.8. The molecule has 0 aromatic heterocycles. The minimum Gasteiger partial charge on any atom is -0.380 e. The molecule has 16 heavy (non-hydrogen) atoms. The first-order valence-electron chi connectivity index (χ1n) is 5.63. The number of ether oxygens (including phenoxy) is 1. The van der Waals surface area contributed by atoms with Gasteiger partial charge in [0.1, 0.15) is 0 Å². The molecule has 1 aromatic carbocycles. The first-order valence-corrected chi connectivity index (χ1v) is 6.43. The molecule has 1 saturated carbocycles. The van der Waals surface area contributed by atoms with Crippen molar-refractivity contribution in [3.8, 4) is 0 Å². The van der Waals surface area contributed by atoms with Crippen LogP contribution in [-0.4, -0.2) is 13.2 Å². The summed E-state index contributed by atoms with van der Waals surface area (Å²) in [5.41, 5.74) is 8.94. The van der Waals surface area contributed by atoms with E-state index in [1.165, 1.54) is 24.0 Å². The van der Waals surface area contributed by atoms with Crippen molar-refractivity contribution < 1.29 is 4.74 Å². The Morgan fingerprint density at radius 2 is 2.19 bits per heavy atom. The molecule has 2 N–H and O–H groups in total. The van der Waals surface area contributed by atoms with Crippen molar-refractivity contribution in [1.82, 2.24) is 0 Å². The van der Waals surface area contributed by atoms with E-state index in [4.69, 9.17) is 10.5 Å². The molecule has 0 aliphatic heterocycles. The van der Waals surface area contributed by atoms with Crippen LogP contribution in [0.1, 0.15) is 30.9 Å². The van der Waals surface area contributed by atoms with Gasteiger partial charge < -0.3 is 10.5 Å². The molecule has 3 heteroatoms. The molecule has 0 amide bonds. The predicted octanol–water partition coefficient (Wildman–Crippen LogP) is 2.97.